The first kappa shape index (κ1) is 16.0. The molecule has 0 aliphatic heterocycles. The first-order valence-corrected chi connectivity index (χ1v) is 7.19. The lowest BCUT2D eigenvalue weighted by Crippen LogP contribution is -2.13. The van der Waals surface area contributed by atoms with E-state index in [0.29, 0.717) is 22.0 Å². The van der Waals surface area contributed by atoms with Crippen molar-refractivity contribution >= 4 is 29.0 Å². The molecule has 1 amide bonds. The number of methoxy groups -OCH3 is 1. The molecular weight excluding hydrogens is 302 g/mol. The molecule has 0 saturated heterocycles. The van der Waals surface area contributed by atoms with Crippen molar-refractivity contribution in [1.29, 1.82) is 0 Å². The molecule has 5 heteroatoms. The van der Waals surface area contributed by atoms with E-state index in [4.69, 9.17) is 16.3 Å². The minimum absolute atomic E-state index is 0.0926. The molecule has 4 nitrogen and oxygen atoms in total. The number of carbonyl (C=O) groups excluding carboxylic acids is 2. The third kappa shape index (κ3) is 4.33. The predicted molar refractivity (Wildman–Crippen MR) is 86.6 cm³/mol. The molecule has 2 aromatic carbocycles. The summed E-state index contributed by atoms with van der Waals surface area (Å²) < 4.78 is 5.14. The lowest BCUT2D eigenvalue weighted by molar-refractivity contribution is -0.116. The van der Waals surface area contributed by atoms with Gasteiger partial charge in [-0.15, -0.1) is 0 Å². The van der Waals surface area contributed by atoms with Crippen molar-refractivity contribution in [3.05, 3.63) is 59.1 Å². The molecule has 0 fully saturated rings. The number of ether oxygens (including phenoxy) is 1. The predicted octanol–water partition coefficient (Wildman–Crippen LogP) is 3.95. The van der Waals surface area contributed by atoms with Gasteiger partial charge in [-0.2, -0.15) is 0 Å². The molecule has 0 aliphatic carbocycles. The van der Waals surface area contributed by atoms with E-state index in [1.807, 2.05) is 18.2 Å². The minimum Gasteiger partial charge on any atom is -0.496 e. The molecule has 0 atom stereocenters. The molecule has 0 heterocycles. The molecule has 1 N–H and O–H groups in total. The molecule has 22 heavy (non-hydrogen) atoms. The first-order valence-electron chi connectivity index (χ1n) is 6.82. The number of benzene rings is 2. The number of hydrogen-bond donors (Lipinski definition) is 1. The molecule has 0 aromatic heterocycles. The highest BCUT2D eigenvalue weighted by molar-refractivity contribution is 6.31. The van der Waals surface area contributed by atoms with E-state index in [0.717, 1.165) is 0 Å². The highest BCUT2D eigenvalue weighted by atomic mass is 35.5. The number of carbonyl (C=O) groups is 2. The average Bonchev–Trinajstić information content (AvgIpc) is 2.53. The fraction of sp³-hybridized carbons (Fsp3) is 0.176. The molecule has 2 rings (SSSR count). The molecule has 0 radical (unpaired) electrons. The Hall–Kier alpha value is -2.33. The van der Waals surface area contributed by atoms with Crippen molar-refractivity contribution in [2.75, 3.05) is 12.4 Å². The van der Waals surface area contributed by atoms with Crippen LogP contribution >= 0.6 is 11.6 Å². The van der Waals surface area contributed by atoms with Crippen LogP contribution in [-0.2, 0) is 4.79 Å². The van der Waals surface area contributed by atoms with E-state index in [-0.39, 0.29) is 24.5 Å². The third-order valence-corrected chi connectivity index (χ3v) is 3.33. The standard InChI is InChI=1S/C17H16ClNO3/c1-22-16-9-7-12(18)11-14(16)15(20)8-10-17(21)19-13-5-3-2-4-6-13/h2-7,9,11H,8,10H2,1H3,(H,19,21). The van der Waals surface area contributed by atoms with Crippen molar-refractivity contribution in [1.82, 2.24) is 0 Å². The van der Waals surface area contributed by atoms with E-state index in [2.05, 4.69) is 5.32 Å². The smallest absolute Gasteiger partial charge is 0.224 e. The van der Waals surface area contributed by atoms with Gasteiger partial charge in [0.05, 0.1) is 12.7 Å². The number of hydrogen-bond acceptors (Lipinski definition) is 3. The van der Waals surface area contributed by atoms with Gasteiger partial charge < -0.3 is 10.1 Å². The maximum absolute atomic E-state index is 12.2. The monoisotopic (exact) mass is 317 g/mol. The number of Topliss-reactive ketones (excluding diaryl/α,β-unsaturated/α-hetero) is 1. The second-order valence-electron chi connectivity index (χ2n) is 4.68. The van der Waals surface area contributed by atoms with Gasteiger partial charge in [0.2, 0.25) is 5.91 Å². The van der Waals surface area contributed by atoms with E-state index in [1.165, 1.54) is 7.11 Å². The Kier molecular flexibility index (Phi) is 5.55. The first-order chi connectivity index (χ1) is 10.6. The summed E-state index contributed by atoms with van der Waals surface area (Å²) in [6.45, 7) is 0. The van der Waals surface area contributed by atoms with Gasteiger partial charge in [0.1, 0.15) is 5.75 Å². The fourth-order valence-corrected chi connectivity index (χ4v) is 2.18. The van der Waals surface area contributed by atoms with Gasteiger partial charge in [0.25, 0.3) is 0 Å². The van der Waals surface area contributed by atoms with Crippen LogP contribution < -0.4 is 10.1 Å². The number of rotatable bonds is 6. The number of halogens is 1. The summed E-state index contributed by atoms with van der Waals surface area (Å²) in [7, 11) is 1.49. The molecular formula is C17H16ClNO3. The van der Waals surface area contributed by atoms with Crippen LogP contribution in [0.4, 0.5) is 5.69 Å². The summed E-state index contributed by atoms with van der Waals surface area (Å²) in [6.07, 6.45) is 0.193. The third-order valence-electron chi connectivity index (χ3n) is 3.10. The van der Waals surface area contributed by atoms with Gasteiger partial charge in [0, 0.05) is 23.6 Å². The van der Waals surface area contributed by atoms with Crippen LogP contribution in [0, 0.1) is 0 Å². The highest BCUT2D eigenvalue weighted by Crippen LogP contribution is 2.24. The Morgan fingerprint density at radius 3 is 2.50 bits per heavy atom. The Morgan fingerprint density at radius 2 is 1.82 bits per heavy atom. The van der Waals surface area contributed by atoms with Crippen molar-refractivity contribution in [3.8, 4) is 5.75 Å². The summed E-state index contributed by atoms with van der Waals surface area (Å²) >= 11 is 5.90. The van der Waals surface area contributed by atoms with Gasteiger partial charge in [-0.3, -0.25) is 9.59 Å². The Bertz CT molecular complexity index is 671. The molecule has 114 valence electrons. The summed E-state index contributed by atoms with van der Waals surface area (Å²) in [5.41, 5.74) is 1.10. The number of anilines is 1. The summed E-state index contributed by atoms with van der Waals surface area (Å²) in [6, 6.07) is 14.0. The van der Waals surface area contributed by atoms with Crippen LogP contribution in [0.15, 0.2) is 48.5 Å². The lowest BCUT2D eigenvalue weighted by Gasteiger charge is -2.08. The van der Waals surface area contributed by atoms with E-state index in [1.54, 1.807) is 30.3 Å². The molecule has 2 aromatic rings. The van der Waals surface area contributed by atoms with E-state index in [9.17, 15) is 9.59 Å². The van der Waals surface area contributed by atoms with Gasteiger partial charge >= 0.3 is 0 Å². The maximum Gasteiger partial charge on any atom is 0.224 e. The molecule has 0 unspecified atom stereocenters. The number of nitrogens with one attached hydrogen (secondary N) is 1. The number of ketones is 1. The lowest BCUT2D eigenvalue weighted by atomic mass is 10.1. The van der Waals surface area contributed by atoms with Gasteiger partial charge in [-0.05, 0) is 30.3 Å². The Labute approximate surface area is 134 Å². The van der Waals surface area contributed by atoms with Crippen molar-refractivity contribution in [2.45, 2.75) is 12.8 Å². The van der Waals surface area contributed by atoms with Crippen LogP contribution in [-0.4, -0.2) is 18.8 Å². The summed E-state index contributed by atoms with van der Waals surface area (Å²) in [4.78, 5) is 24.1. The van der Waals surface area contributed by atoms with Crippen LogP contribution in [0.2, 0.25) is 5.02 Å². The quantitative estimate of drug-likeness (QED) is 0.821. The van der Waals surface area contributed by atoms with Gasteiger partial charge in [0.15, 0.2) is 5.78 Å². The fourth-order valence-electron chi connectivity index (χ4n) is 2.00. The van der Waals surface area contributed by atoms with Crippen LogP contribution in [0.1, 0.15) is 23.2 Å². The minimum atomic E-state index is -0.208. The van der Waals surface area contributed by atoms with Crippen LogP contribution in [0.5, 0.6) is 5.75 Å². The van der Waals surface area contributed by atoms with E-state index >= 15 is 0 Å². The number of amides is 1. The number of para-hydroxylation sites is 1. The zero-order valence-corrected chi connectivity index (χ0v) is 12.9. The zero-order valence-electron chi connectivity index (χ0n) is 12.1. The maximum atomic E-state index is 12.2. The Morgan fingerprint density at radius 1 is 1.09 bits per heavy atom. The highest BCUT2D eigenvalue weighted by Gasteiger charge is 2.14. The molecule has 0 saturated carbocycles. The summed E-state index contributed by atoms with van der Waals surface area (Å²) in [5.74, 6) is 0.0703. The largest absolute Gasteiger partial charge is 0.496 e. The SMILES string of the molecule is COc1ccc(Cl)cc1C(=O)CCC(=O)Nc1ccccc1. The Balaban J connectivity index is 1.95. The van der Waals surface area contributed by atoms with Gasteiger partial charge in [-0.25, -0.2) is 0 Å². The zero-order chi connectivity index (χ0) is 15.9. The van der Waals surface area contributed by atoms with Crippen LogP contribution in [0.3, 0.4) is 0 Å². The van der Waals surface area contributed by atoms with Crippen molar-refractivity contribution < 1.29 is 14.3 Å². The van der Waals surface area contributed by atoms with E-state index < -0.39 is 0 Å². The molecule has 0 aliphatic rings. The van der Waals surface area contributed by atoms with Crippen molar-refractivity contribution in [2.24, 2.45) is 0 Å². The second-order valence-corrected chi connectivity index (χ2v) is 5.12. The molecule has 0 spiro atoms. The van der Waals surface area contributed by atoms with Crippen LogP contribution in [0.25, 0.3) is 0 Å². The average molecular weight is 318 g/mol. The topological polar surface area (TPSA) is 55.4 Å². The molecule has 0 bridgehead atoms. The summed E-state index contributed by atoms with van der Waals surface area (Å²) in [5, 5.41) is 3.20. The normalized spacial score (nSPS) is 10.1. The second kappa shape index (κ2) is 7.61. The van der Waals surface area contributed by atoms with Crippen molar-refractivity contribution in [3.63, 3.8) is 0 Å². The van der Waals surface area contributed by atoms with Gasteiger partial charge in [-0.1, -0.05) is 29.8 Å².